The van der Waals surface area contributed by atoms with Crippen molar-refractivity contribution < 1.29 is 0 Å². The first-order valence-electron chi connectivity index (χ1n) is 6.11. The molecule has 0 aliphatic carbocycles. The quantitative estimate of drug-likeness (QED) is 0.873. The number of likely N-dealkylation sites (N-methyl/N-ethyl adjacent to an activating group) is 1. The molecular formula is C13H20ClN3. The number of hydrogen-bond acceptors (Lipinski definition) is 3. The SMILES string of the molecule is CN1CCCN(c2cccc(Cl)c2)CC1CN. The minimum Gasteiger partial charge on any atom is -0.370 e. The van der Waals surface area contributed by atoms with Crippen LogP contribution in [0.1, 0.15) is 6.42 Å². The maximum atomic E-state index is 6.04. The Hall–Kier alpha value is -0.770. The van der Waals surface area contributed by atoms with Crippen LogP contribution in [0.4, 0.5) is 5.69 Å². The van der Waals surface area contributed by atoms with Crippen LogP contribution in [0.15, 0.2) is 24.3 Å². The van der Waals surface area contributed by atoms with Gasteiger partial charge in [-0.15, -0.1) is 0 Å². The van der Waals surface area contributed by atoms with Gasteiger partial charge in [-0.25, -0.2) is 0 Å². The molecule has 1 aromatic carbocycles. The molecule has 17 heavy (non-hydrogen) atoms. The van der Waals surface area contributed by atoms with Crippen molar-refractivity contribution in [2.24, 2.45) is 5.73 Å². The lowest BCUT2D eigenvalue weighted by Crippen LogP contribution is -2.43. The zero-order chi connectivity index (χ0) is 12.3. The Morgan fingerprint density at radius 3 is 2.94 bits per heavy atom. The number of hydrogen-bond donors (Lipinski definition) is 1. The molecule has 1 saturated heterocycles. The third kappa shape index (κ3) is 3.12. The topological polar surface area (TPSA) is 32.5 Å². The predicted octanol–water partition coefficient (Wildman–Crippen LogP) is 1.81. The fourth-order valence-corrected chi connectivity index (χ4v) is 2.52. The first kappa shape index (κ1) is 12.7. The number of rotatable bonds is 2. The number of nitrogens with zero attached hydrogens (tertiary/aromatic N) is 2. The summed E-state index contributed by atoms with van der Waals surface area (Å²) in [5.74, 6) is 0. The zero-order valence-electron chi connectivity index (χ0n) is 10.3. The predicted molar refractivity (Wildman–Crippen MR) is 73.8 cm³/mol. The van der Waals surface area contributed by atoms with E-state index < -0.39 is 0 Å². The van der Waals surface area contributed by atoms with Crippen LogP contribution in [0.5, 0.6) is 0 Å². The van der Waals surface area contributed by atoms with E-state index in [2.05, 4.69) is 22.9 Å². The highest BCUT2D eigenvalue weighted by Gasteiger charge is 2.21. The molecule has 1 heterocycles. The highest BCUT2D eigenvalue weighted by molar-refractivity contribution is 6.30. The summed E-state index contributed by atoms with van der Waals surface area (Å²) in [5, 5.41) is 0.796. The van der Waals surface area contributed by atoms with Crippen molar-refractivity contribution in [3.05, 3.63) is 29.3 Å². The average molecular weight is 254 g/mol. The van der Waals surface area contributed by atoms with Crippen molar-refractivity contribution in [1.29, 1.82) is 0 Å². The molecule has 0 saturated carbocycles. The van der Waals surface area contributed by atoms with Crippen LogP contribution in [0, 0.1) is 0 Å². The molecule has 0 radical (unpaired) electrons. The molecule has 1 aromatic rings. The minimum atomic E-state index is 0.427. The van der Waals surface area contributed by atoms with E-state index in [1.807, 2.05) is 18.2 Å². The largest absolute Gasteiger partial charge is 0.370 e. The van der Waals surface area contributed by atoms with Crippen molar-refractivity contribution in [3.8, 4) is 0 Å². The van der Waals surface area contributed by atoms with Gasteiger partial charge >= 0.3 is 0 Å². The summed E-state index contributed by atoms with van der Waals surface area (Å²) in [6.07, 6.45) is 1.17. The summed E-state index contributed by atoms with van der Waals surface area (Å²) >= 11 is 6.04. The first-order chi connectivity index (χ1) is 8.20. The second kappa shape index (κ2) is 5.71. The van der Waals surface area contributed by atoms with Gasteiger partial charge in [0, 0.05) is 36.4 Å². The highest BCUT2D eigenvalue weighted by Crippen LogP contribution is 2.21. The lowest BCUT2D eigenvalue weighted by atomic mass is 10.2. The Labute approximate surface area is 108 Å². The van der Waals surface area contributed by atoms with E-state index in [9.17, 15) is 0 Å². The van der Waals surface area contributed by atoms with E-state index in [1.165, 1.54) is 12.1 Å². The van der Waals surface area contributed by atoms with Crippen molar-refractivity contribution in [2.45, 2.75) is 12.5 Å². The average Bonchev–Trinajstić information content (AvgIpc) is 2.51. The standard InChI is InChI=1S/C13H20ClN3/c1-16-6-3-7-17(10-13(16)9-15)12-5-2-4-11(14)8-12/h2,4-5,8,13H,3,6-7,9-10,15H2,1H3. The van der Waals surface area contributed by atoms with Crippen LogP contribution < -0.4 is 10.6 Å². The van der Waals surface area contributed by atoms with Gasteiger partial charge in [0.2, 0.25) is 0 Å². The van der Waals surface area contributed by atoms with Gasteiger partial charge in [0.05, 0.1) is 0 Å². The monoisotopic (exact) mass is 253 g/mol. The number of anilines is 1. The molecule has 0 aromatic heterocycles. The van der Waals surface area contributed by atoms with E-state index in [4.69, 9.17) is 17.3 Å². The van der Waals surface area contributed by atoms with Crippen molar-refractivity contribution in [1.82, 2.24) is 4.90 Å². The van der Waals surface area contributed by atoms with Gasteiger partial charge in [0.1, 0.15) is 0 Å². The van der Waals surface area contributed by atoms with Gasteiger partial charge in [-0.1, -0.05) is 17.7 Å². The molecule has 2 rings (SSSR count). The molecule has 4 heteroatoms. The van der Waals surface area contributed by atoms with E-state index >= 15 is 0 Å². The molecular weight excluding hydrogens is 234 g/mol. The van der Waals surface area contributed by atoms with Crippen LogP contribution >= 0.6 is 11.6 Å². The van der Waals surface area contributed by atoms with Crippen LogP contribution in [0.2, 0.25) is 5.02 Å². The molecule has 1 unspecified atom stereocenters. The van der Waals surface area contributed by atoms with Gasteiger partial charge < -0.3 is 15.5 Å². The first-order valence-corrected chi connectivity index (χ1v) is 6.49. The van der Waals surface area contributed by atoms with Crippen LogP contribution in [-0.2, 0) is 0 Å². The zero-order valence-corrected chi connectivity index (χ0v) is 11.0. The summed E-state index contributed by atoms with van der Waals surface area (Å²) < 4.78 is 0. The maximum Gasteiger partial charge on any atom is 0.0426 e. The van der Waals surface area contributed by atoms with E-state index in [-0.39, 0.29) is 0 Å². The normalized spacial score (nSPS) is 22.5. The number of benzene rings is 1. The Bertz CT molecular complexity index is 369. The van der Waals surface area contributed by atoms with Gasteiger partial charge in [0.15, 0.2) is 0 Å². The second-order valence-corrected chi connectivity index (χ2v) is 5.09. The third-order valence-electron chi connectivity index (χ3n) is 3.44. The molecule has 2 N–H and O–H groups in total. The molecule has 1 aliphatic heterocycles. The summed E-state index contributed by atoms with van der Waals surface area (Å²) in [6.45, 7) is 3.86. The van der Waals surface area contributed by atoms with Crippen molar-refractivity contribution in [2.75, 3.05) is 38.1 Å². The van der Waals surface area contributed by atoms with E-state index in [0.717, 1.165) is 24.7 Å². The second-order valence-electron chi connectivity index (χ2n) is 4.65. The molecule has 1 atom stereocenters. The van der Waals surface area contributed by atoms with Crippen LogP contribution in [0.25, 0.3) is 0 Å². The lowest BCUT2D eigenvalue weighted by molar-refractivity contribution is 0.266. The Balaban J connectivity index is 2.15. The molecule has 0 amide bonds. The van der Waals surface area contributed by atoms with Crippen LogP contribution in [-0.4, -0.2) is 44.2 Å². The molecule has 3 nitrogen and oxygen atoms in total. The van der Waals surface area contributed by atoms with E-state index in [0.29, 0.717) is 12.6 Å². The summed E-state index contributed by atoms with van der Waals surface area (Å²) in [4.78, 5) is 4.73. The number of halogens is 1. The molecule has 0 spiro atoms. The van der Waals surface area contributed by atoms with Gasteiger partial charge in [-0.2, -0.15) is 0 Å². The smallest absolute Gasteiger partial charge is 0.0426 e. The summed E-state index contributed by atoms with van der Waals surface area (Å²) in [7, 11) is 2.15. The minimum absolute atomic E-state index is 0.427. The van der Waals surface area contributed by atoms with Gasteiger partial charge in [-0.3, -0.25) is 0 Å². The van der Waals surface area contributed by atoms with Crippen molar-refractivity contribution >= 4 is 17.3 Å². The lowest BCUT2D eigenvalue weighted by Gasteiger charge is -2.29. The Morgan fingerprint density at radius 1 is 1.41 bits per heavy atom. The van der Waals surface area contributed by atoms with Crippen LogP contribution in [0.3, 0.4) is 0 Å². The van der Waals surface area contributed by atoms with Crippen molar-refractivity contribution in [3.63, 3.8) is 0 Å². The molecule has 1 fully saturated rings. The van der Waals surface area contributed by atoms with Gasteiger partial charge in [-0.05, 0) is 38.2 Å². The maximum absolute atomic E-state index is 6.04. The van der Waals surface area contributed by atoms with E-state index in [1.54, 1.807) is 0 Å². The third-order valence-corrected chi connectivity index (χ3v) is 3.67. The number of nitrogens with two attached hydrogens (primary N) is 1. The molecule has 1 aliphatic rings. The van der Waals surface area contributed by atoms with Gasteiger partial charge in [0.25, 0.3) is 0 Å². The molecule has 94 valence electrons. The fraction of sp³-hybridized carbons (Fsp3) is 0.538. The summed E-state index contributed by atoms with van der Waals surface area (Å²) in [5.41, 5.74) is 7.04. The Kier molecular flexibility index (Phi) is 4.26. The Morgan fingerprint density at radius 2 is 2.24 bits per heavy atom. The fourth-order valence-electron chi connectivity index (χ4n) is 2.34. The molecule has 0 bridgehead atoms. The summed E-state index contributed by atoms with van der Waals surface area (Å²) in [6, 6.07) is 8.49. The highest BCUT2D eigenvalue weighted by atomic mass is 35.5.